The lowest BCUT2D eigenvalue weighted by atomic mass is 9.87. The number of amides is 1. The van der Waals surface area contributed by atoms with Gasteiger partial charge in [-0.3, -0.25) is 4.79 Å². The molecule has 2 aromatic carbocycles. The molecule has 0 fully saturated rings. The Balaban J connectivity index is 1.51. The Morgan fingerprint density at radius 3 is 2.74 bits per heavy atom. The van der Waals surface area contributed by atoms with Crippen LogP contribution in [0.3, 0.4) is 0 Å². The number of rotatable bonds is 6. The number of carbonyl (C=O) groups is 2. The summed E-state index contributed by atoms with van der Waals surface area (Å²) in [6.07, 6.45) is 2.01. The quantitative estimate of drug-likeness (QED) is 0.765. The summed E-state index contributed by atoms with van der Waals surface area (Å²) in [5.74, 6) is -0.545. The van der Waals surface area contributed by atoms with Crippen LogP contribution < -0.4 is 10.1 Å². The van der Waals surface area contributed by atoms with Crippen LogP contribution in [0.15, 0.2) is 48.5 Å². The predicted molar refractivity (Wildman–Crippen MR) is 103 cm³/mol. The van der Waals surface area contributed by atoms with Gasteiger partial charge >= 0.3 is 5.97 Å². The molecule has 6 heteroatoms. The smallest absolute Gasteiger partial charge is 0.344 e. The maximum Gasteiger partial charge on any atom is 0.344 e. The second kappa shape index (κ2) is 8.91. The molecule has 3 rings (SSSR count). The lowest BCUT2D eigenvalue weighted by molar-refractivity contribution is -0.156. The average Bonchev–Trinajstić information content (AvgIpc) is 2.67. The third kappa shape index (κ3) is 5.01. The predicted octanol–water partition coefficient (Wildman–Crippen LogP) is 3.84. The van der Waals surface area contributed by atoms with E-state index in [0.717, 1.165) is 24.8 Å². The molecule has 0 unspecified atom stereocenters. The minimum atomic E-state index is -0.901. The molecule has 2 atom stereocenters. The van der Waals surface area contributed by atoms with Crippen LogP contribution in [0.25, 0.3) is 0 Å². The Morgan fingerprint density at radius 2 is 1.93 bits per heavy atom. The first kappa shape index (κ1) is 19.2. The third-order valence-electron chi connectivity index (χ3n) is 4.55. The molecule has 1 N–H and O–H groups in total. The van der Waals surface area contributed by atoms with Crippen molar-refractivity contribution in [2.24, 2.45) is 0 Å². The number of ether oxygens (including phenoxy) is 2. The third-order valence-corrected chi connectivity index (χ3v) is 4.86. The number of esters is 1. The molecule has 1 aliphatic carbocycles. The fourth-order valence-corrected chi connectivity index (χ4v) is 3.37. The Hall–Kier alpha value is -2.53. The van der Waals surface area contributed by atoms with E-state index in [2.05, 4.69) is 11.4 Å². The van der Waals surface area contributed by atoms with E-state index in [1.165, 1.54) is 5.56 Å². The van der Waals surface area contributed by atoms with Gasteiger partial charge in [-0.1, -0.05) is 48.0 Å². The highest BCUT2D eigenvalue weighted by Gasteiger charge is 2.25. The summed E-state index contributed by atoms with van der Waals surface area (Å²) in [7, 11) is 0. The number of carbonyl (C=O) groups excluding carboxylic acids is 2. The van der Waals surface area contributed by atoms with E-state index in [4.69, 9.17) is 21.1 Å². The van der Waals surface area contributed by atoms with Gasteiger partial charge in [-0.05, 0) is 49.4 Å². The molecule has 142 valence electrons. The molecule has 1 amide bonds. The van der Waals surface area contributed by atoms with Crippen molar-refractivity contribution >= 4 is 23.5 Å². The topological polar surface area (TPSA) is 64.6 Å². The monoisotopic (exact) mass is 387 g/mol. The van der Waals surface area contributed by atoms with Gasteiger partial charge in [0.05, 0.1) is 11.1 Å². The number of aryl methyl sites for hydroxylation is 1. The van der Waals surface area contributed by atoms with Gasteiger partial charge in [0.2, 0.25) is 0 Å². The maximum absolute atomic E-state index is 12.4. The van der Waals surface area contributed by atoms with Gasteiger partial charge in [-0.2, -0.15) is 0 Å². The number of para-hydroxylation sites is 1. The normalized spacial score (nSPS) is 16.7. The van der Waals surface area contributed by atoms with Crippen molar-refractivity contribution in [3.05, 3.63) is 64.7 Å². The Labute approximate surface area is 163 Å². The van der Waals surface area contributed by atoms with Crippen LogP contribution >= 0.6 is 11.6 Å². The first-order valence-electron chi connectivity index (χ1n) is 8.99. The zero-order valence-electron chi connectivity index (χ0n) is 15.1. The van der Waals surface area contributed by atoms with Crippen LogP contribution in [-0.2, 0) is 20.7 Å². The van der Waals surface area contributed by atoms with E-state index in [-0.39, 0.29) is 18.6 Å². The molecule has 0 bridgehead atoms. The first-order valence-corrected chi connectivity index (χ1v) is 9.37. The van der Waals surface area contributed by atoms with Crippen LogP contribution in [0.5, 0.6) is 5.75 Å². The highest BCUT2D eigenvalue weighted by molar-refractivity contribution is 6.32. The van der Waals surface area contributed by atoms with Gasteiger partial charge in [-0.25, -0.2) is 4.79 Å². The minimum absolute atomic E-state index is 0.0528. The van der Waals surface area contributed by atoms with E-state index in [0.29, 0.717) is 10.8 Å². The zero-order chi connectivity index (χ0) is 19.2. The van der Waals surface area contributed by atoms with E-state index in [1.54, 1.807) is 31.2 Å². The second-order valence-electron chi connectivity index (χ2n) is 6.50. The molecule has 0 radical (unpaired) electrons. The van der Waals surface area contributed by atoms with E-state index < -0.39 is 12.1 Å². The summed E-state index contributed by atoms with van der Waals surface area (Å²) < 4.78 is 10.5. The van der Waals surface area contributed by atoms with Crippen LogP contribution in [-0.4, -0.2) is 24.6 Å². The Kier molecular flexibility index (Phi) is 6.35. The SMILES string of the molecule is C[C@H](OC(=O)COc1ccccc1Cl)C(=O)N[C@@H]1CCCc2ccccc21. The van der Waals surface area contributed by atoms with Gasteiger partial charge in [0.15, 0.2) is 12.7 Å². The molecule has 0 aliphatic heterocycles. The number of hydrogen-bond donors (Lipinski definition) is 1. The van der Waals surface area contributed by atoms with E-state index >= 15 is 0 Å². The van der Waals surface area contributed by atoms with Gasteiger partial charge < -0.3 is 14.8 Å². The molecule has 0 aromatic heterocycles. The standard InChI is InChI=1S/C21H22ClNO4/c1-14(27-20(24)13-26-19-12-5-4-10-17(19)22)21(25)23-18-11-6-8-15-7-2-3-9-16(15)18/h2-5,7,9-10,12,14,18H,6,8,11,13H2,1H3,(H,23,25)/t14-,18+/m0/s1. The van der Waals surface area contributed by atoms with Crippen molar-refractivity contribution in [1.29, 1.82) is 0 Å². The molecule has 0 heterocycles. The summed E-state index contributed by atoms with van der Waals surface area (Å²) in [5, 5.41) is 3.39. The second-order valence-corrected chi connectivity index (χ2v) is 6.91. The summed E-state index contributed by atoms with van der Waals surface area (Å²) in [6.45, 7) is 1.24. The Bertz CT molecular complexity index is 823. The number of nitrogens with one attached hydrogen (secondary N) is 1. The highest BCUT2D eigenvalue weighted by atomic mass is 35.5. The van der Waals surface area contributed by atoms with Gasteiger partial charge in [0.1, 0.15) is 5.75 Å². The van der Waals surface area contributed by atoms with Crippen molar-refractivity contribution < 1.29 is 19.1 Å². The molecular formula is C21H22ClNO4. The van der Waals surface area contributed by atoms with Crippen molar-refractivity contribution in [3.8, 4) is 5.75 Å². The van der Waals surface area contributed by atoms with Gasteiger partial charge in [0.25, 0.3) is 5.91 Å². The van der Waals surface area contributed by atoms with Gasteiger partial charge in [0, 0.05) is 0 Å². The average molecular weight is 388 g/mol. The molecule has 5 nitrogen and oxygen atoms in total. The molecule has 2 aromatic rings. The van der Waals surface area contributed by atoms with E-state index in [9.17, 15) is 9.59 Å². The summed E-state index contributed by atoms with van der Waals surface area (Å²) in [5.41, 5.74) is 2.39. The minimum Gasteiger partial charge on any atom is -0.480 e. The highest BCUT2D eigenvalue weighted by Crippen LogP contribution is 2.29. The van der Waals surface area contributed by atoms with Gasteiger partial charge in [-0.15, -0.1) is 0 Å². The van der Waals surface area contributed by atoms with Crippen molar-refractivity contribution in [3.63, 3.8) is 0 Å². The van der Waals surface area contributed by atoms with Crippen LogP contribution in [0.1, 0.15) is 36.9 Å². The molecule has 27 heavy (non-hydrogen) atoms. The molecule has 0 saturated heterocycles. The molecule has 1 aliphatic rings. The van der Waals surface area contributed by atoms with Crippen LogP contribution in [0, 0.1) is 0 Å². The lowest BCUT2D eigenvalue weighted by Gasteiger charge is -2.27. The van der Waals surface area contributed by atoms with E-state index in [1.807, 2.05) is 18.2 Å². The largest absolute Gasteiger partial charge is 0.480 e. The number of benzene rings is 2. The summed E-state index contributed by atoms with van der Waals surface area (Å²) in [6, 6.07) is 14.9. The number of hydrogen-bond acceptors (Lipinski definition) is 4. The fourth-order valence-electron chi connectivity index (χ4n) is 3.18. The van der Waals surface area contributed by atoms with Crippen molar-refractivity contribution in [2.45, 2.75) is 38.3 Å². The Morgan fingerprint density at radius 1 is 1.19 bits per heavy atom. The molecular weight excluding hydrogens is 366 g/mol. The number of fused-ring (bicyclic) bond motifs is 1. The lowest BCUT2D eigenvalue weighted by Crippen LogP contribution is -2.39. The van der Waals surface area contributed by atoms with Crippen molar-refractivity contribution in [1.82, 2.24) is 5.32 Å². The van der Waals surface area contributed by atoms with Crippen molar-refractivity contribution in [2.75, 3.05) is 6.61 Å². The fraction of sp³-hybridized carbons (Fsp3) is 0.333. The first-order chi connectivity index (χ1) is 13.0. The zero-order valence-corrected chi connectivity index (χ0v) is 15.9. The van der Waals surface area contributed by atoms with Crippen LogP contribution in [0.2, 0.25) is 5.02 Å². The summed E-state index contributed by atoms with van der Waals surface area (Å²) >= 11 is 5.97. The summed E-state index contributed by atoms with van der Waals surface area (Å²) in [4.78, 5) is 24.4. The number of halogens is 1. The van der Waals surface area contributed by atoms with Crippen LogP contribution in [0.4, 0.5) is 0 Å². The maximum atomic E-state index is 12.4. The molecule has 0 saturated carbocycles. The molecule has 0 spiro atoms.